The molecule has 0 unspecified atom stereocenters. The maximum Gasteiger partial charge on any atom is 0.124 e. The number of nitrogens with one attached hydrogen (secondary N) is 1. The second-order valence-electron chi connectivity index (χ2n) is 5.32. The van der Waals surface area contributed by atoms with Crippen LogP contribution in [0.15, 0.2) is 18.2 Å². The normalized spacial score (nSPS) is 14.6. The fourth-order valence-corrected chi connectivity index (χ4v) is 2.32. The molecule has 1 aliphatic rings. The zero-order chi connectivity index (χ0) is 13.1. The van der Waals surface area contributed by atoms with Gasteiger partial charge in [-0.15, -0.1) is 0 Å². The smallest absolute Gasteiger partial charge is 0.124 e. The van der Waals surface area contributed by atoms with Gasteiger partial charge in [-0.3, -0.25) is 5.41 Å². The molecule has 3 heteroatoms. The fourth-order valence-electron chi connectivity index (χ4n) is 2.32. The van der Waals surface area contributed by atoms with Gasteiger partial charge in [0.05, 0.1) is 0 Å². The highest BCUT2D eigenvalue weighted by atomic mass is 15.1. The van der Waals surface area contributed by atoms with Crippen LogP contribution in [-0.4, -0.2) is 18.9 Å². The number of amidine groups is 1. The third kappa shape index (κ3) is 3.03. The van der Waals surface area contributed by atoms with Crippen LogP contribution in [0, 0.1) is 18.3 Å². The molecule has 1 saturated carbocycles. The summed E-state index contributed by atoms with van der Waals surface area (Å²) < 4.78 is 0. The Morgan fingerprint density at radius 3 is 2.72 bits per heavy atom. The largest absolute Gasteiger partial charge is 0.384 e. The van der Waals surface area contributed by atoms with Crippen LogP contribution in [0.25, 0.3) is 0 Å². The molecule has 0 spiro atoms. The number of nitrogen functional groups attached to an aromatic ring is 1. The van der Waals surface area contributed by atoms with E-state index in [4.69, 9.17) is 11.1 Å². The van der Waals surface area contributed by atoms with E-state index in [2.05, 4.69) is 24.8 Å². The van der Waals surface area contributed by atoms with Gasteiger partial charge >= 0.3 is 0 Å². The standard InChI is InChI=1S/C15H23N3/c1-3-8-18(10-12-5-6-12)14-9-11(2)4-7-13(14)15(16)17/h4,7,9,12H,3,5-6,8,10H2,1-2H3,(H3,16,17). The number of rotatable bonds is 6. The van der Waals surface area contributed by atoms with Crippen molar-refractivity contribution in [3.8, 4) is 0 Å². The predicted molar refractivity (Wildman–Crippen MR) is 77.4 cm³/mol. The SMILES string of the molecule is CCCN(CC1CC1)c1cc(C)ccc1C(=N)N. The molecular formula is C15H23N3. The summed E-state index contributed by atoms with van der Waals surface area (Å²) in [7, 11) is 0. The summed E-state index contributed by atoms with van der Waals surface area (Å²) in [6.45, 7) is 6.44. The summed E-state index contributed by atoms with van der Waals surface area (Å²) in [5.74, 6) is 1.01. The predicted octanol–water partition coefficient (Wildman–Crippen LogP) is 2.91. The molecule has 98 valence electrons. The van der Waals surface area contributed by atoms with Crippen LogP contribution in [0.2, 0.25) is 0 Å². The lowest BCUT2D eigenvalue weighted by Gasteiger charge is -2.27. The minimum Gasteiger partial charge on any atom is -0.384 e. The minimum atomic E-state index is 0.168. The Kier molecular flexibility index (Phi) is 3.90. The van der Waals surface area contributed by atoms with Crippen LogP contribution in [0.1, 0.15) is 37.3 Å². The lowest BCUT2D eigenvalue weighted by atomic mass is 10.1. The van der Waals surface area contributed by atoms with E-state index in [9.17, 15) is 0 Å². The van der Waals surface area contributed by atoms with Crippen LogP contribution in [-0.2, 0) is 0 Å². The minimum absolute atomic E-state index is 0.168. The third-order valence-electron chi connectivity index (χ3n) is 3.45. The van der Waals surface area contributed by atoms with E-state index in [1.54, 1.807) is 0 Å². The number of benzene rings is 1. The summed E-state index contributed by atoms with van der Waals surface area (Å²) in [4.78, 5) is 2.40. The molecule has 0 aromatic heterocycles. The van der Waals surface area contributed by atoms with Gasteiger partial charge in [0.2, 0.25) is 0 Å². The summed E-state index contributed by atoms with van der Waals surface area (Å²) in [5.41, 5.74) is 8.94. The second kappa shape index (κ2) is 5.42. The molecule has 0 saturated heterocycles. The highest BCUT2D eigenvalue weighted by molar-refractivity contribution is 6.00. The van der Waals surface area contributed by atoms with Gasteiger partial charge in [-0.2, -0.15) is 0 Å². The lowest BCUT2D eigenvalue weighted by molar-refractivity contribution is 0.707. The zero-order valence-corrected chi connectivity index (χ0v) is 11.4. The van der Waals surface area contributed by atoms with Crippen molar-refractivity contribution < 1.29 is 0 Å². The number of nitrogens with two attached hydrogens (primary N) is 1. The summed E-state index contributed by atoms with van der Waals surface area (Å²) >= 11 is 0. The highest BCUT2D eigenvalue weighted by Gasteiger charge is 2.25. The Balaban J connectivity index is 2.30. The maximum absolute atomic E-state index is 7.72. The molecule has 0 atom stereocenters. The van der Waals surface area contributed by atoms with Crippen molar-refractivity contribution in [3.05, 3.63) is 29.3 Å². The van der Waals surface area contributed by atoms with E-state index in [0.717, 1.165) is 36.7 Å². The molecule has 3 nitrogen and oxygen atoms in total. The van der Waals surface area contributed by atoms with Gasteiger partial charge in [-0.25, -0.2) is 0 Å². The Hall–Kier alpha value is -1.51. The van der Waals surface area contributed by atoms with Crippen molar-refractivity contribution in [2.24, 2.45) is 11.7 Å². The average Bonchev–Trinajstić information content (AvgIpc) is 3.12. The Bertz CT molecular complexity index is 435. The van der Waals surface area contributed by atoms with Crippen LogP contribution in [0.5, 0.6) is 0 Å². The molecule has 2 rings (SSSR count). The Labute approximate surface area is 109 Å². The molecule has 18 heavy (non-hydrogen) atoms. The number of anilines is 1. The van der Waals surface area contributed by atoms with Crippen molar-refractivity contribution in [1.82, 2.24) is 0 Å². The molecule has 1 fully saturated rings. The van der Waals surface area contributed by atoms with Gasteiger partial charge in [0.15, 0.2) is 0 Å². The molecule has 0 amide bonds. The monoisotopic (exact) mass is 245 g/mol. The van der Waals surface area contributed by atoms with Crippen LogP contribution in [0.4, 0.5) is 5.69 Å². The number of hydrogen-bond acceptors (Lipinski definition) is 2. The van der Waals surface area contributed by atoms with Gasteiger partial charge in [0.25, 0.3) is 0 Å². The second-order valence-corrected chi connectivity index (χ2v) is 5.32. The van der Waals surface area contributed by atoms with Crippen molar-refractivity contribution in [1.29, 1.82) is 5.41 Å². The molecular weight excluding hydrogens is 222 g/mol. The first-order valence-corrected chi connectivity index (χ1v) is 6.81. The van der Waals surface area contributed by atoms with E-state index in [1.165, 1.54) is 18.4 Å². The first kappa shape index (κ1) is 12.9. The number of aryl methyl sites for hydroxylation is 1. The summed E-state index contributed by atoms with van der Waals surface area (Å²) in [6.07, 6.45) is 3.82. The molecule has 3 N–H and O–H groups in total. The van der Waals surface area contributed by atoms with Gasteiger partial charge < -0.3 is 10.6 Å². The van der Waals surface area contributed by atoms with Crippen molar-refractivity contribution in [3.63, 3.8) is 0 Å². The van der Waals surface area contributed by atoms with E-state index in [1.807, 2.05) is 12.1 Å². The van der Waals surface area contributed by atoms with Gasteiger partial charge in [0.1, 0.15) is 5.84 Å². The maximum atomic E-state index is 7.72. The van der Waals surface area contributed by atoms with Crippen LogP contribution < -0.4 is 10.6 Å². The van der Waals surface area contributed by atoms with Gasteiger partial charge in [-0.1, -0.05) is 13.0 Å². The van der Waals surface area contributed by atoms with Crippen molar-refractivity contribution in [2.75, 3.05) is 18.0 Å². The molecule has 1 aromatic carbocycles. The van der Waals surface area contributed by atoms with Crippen molar-refractivity contribution in [2.45, 2.75) is 33.1 Å². The lowest BCUT2D eigenvalue weighted by Crippen LogP contribution is -2.29. The molecule has 0 radical (unpaired) electrons. The van der Waals surface area contributed by atoms with E-state index in [-0.39, 0.29) is 5.84 Å². The highest BCUT2D eigenvalue weighted by Crippen LogP contribution is 2.32. The first-order chi connectivity index (χ1) is 8.61. The summed E-state index contributed by atoms with van der Waals surface area (Å²) in [6, 6.07) is 6.17. The average molecular weight is 245 g/mol. The topological polar surface area (TPSA) is 53.1 Å². The van der Waals surface area contributed by atoms with Gasteiger partial charge in [-0.05, 0) is 49.8 Å². The first-order valence-electron chi connectivity index (χ1n) is 6.81. The van der Waals surface area contributed by atoms with E-state index in [0.29, 0.717) is 0 Å². The number of hydrogen-bond donors (Lipinski definition) is 2. The Morgan fingerprint density at radius 1 is 1.44 bits per heavy atom. The van der Waals surface area contributed by atoms with E-state index >= 15 is 0 Å². The molecule has 1 aromatic rings. The summed E-state index contributed by atoms with van der Waals surface area (Å²) in [5, 5.41) is 7.72. The molecule has 1 aliphatic carbocycles. The number of nitrogens with zero attached hydrogens (tertiary/aromatic N) is 1. The zero-order valence-electron chi connectivity index (χ0n) is 11.4. The van der Waals surface area contributed by atoms with Crippen LogP contribution >= 0.6 is 0 Å². The van der Waals surface area contributed by atoms with Crippen molar-refractivity contribution >= 4 is 11.5 Å². The molecule has 0 aliphatic heterocycles. The third-order valence-corrected chi connectivity index (χ3v) is 3.45. The quantitative estimate of drug-likeness (QED) is 0.598. The molecule has 0 heterocycles. The fraction of sp³-hybridized carbons (Fsp3) is 0.533. The Morgan fingerprint density at radius 2 is 2.17 bits per heavy atom. The van der Waals surface area contributed by atoms with Gasteiger partial charge in [0, 0.05) is 24.3 Å². The molecule has 0 bridgehead atoms. The van der Waals surface area contributed by atoms with E-state index < -0.39 is 0 Å². The van der Waals surface area contributed by atoms with Crippen LogP contribution in [0.3, 0.4) is 0 Å².